The summed E-state index contributed by atoms with van der Waals surface area (Å²) in [5, 5.41) is 0. The molecule has 1 aliphatic rings. The highest BCUT2D eigenvalue weighted by Gasteiger charge is 2.37. The van der Waals surface area contributed by atoms with Gasteiger partial charge in [0.2, 0.25) is 6.29 Å². The maximum absolute atomic E-state index is 11.5. The van der Waals surface area contributed by atoms with Crippen LogP contribution in [0.5, 0.6) is 0 Å². The normalized spacial score (nSPS) is 25.7. The molecule has 1 fully saturated rings. The van der Waals surface area contributed by atoms with Crippen LogP contribution in [0, 0.1) is 5.92 Å². The van der Waals surface area contributed by atoms with Gasteiger partial charge >= 0.3 is 5.97 Å². The second-order valence-electron chi connectivity index (χ2n) is 3.98. The highest BCUT2D eigenvalue weighted by Crippen LogP contribution is 2.30. The van der Waals surface area contributed by atoms with Gasteiger partial charge in [-0.05, 0) is 5.56 Å². The molecule has 1 aliphatic heterocycles. The summed E-state index contributed by atoms with van der Waals surface area (Å²) < 4.78 is 10.7. The van der Waals surface area contributed by atoms with E-state index < -0.39 is 12.4 Å². The van der Waals surface area contributed by atoms with E-state index in [9.17, 15) is 4.79 Å². The Morgan fingerprint density at radius 1 is 1.20 bits per heavy atom. The Morgan fingerprint density at radius 2 is 1.87 bits per heavy atom. The highest BCUT2D eigenvalue weighted by atomic mass is 16.8. The zero-order valence-electron chi connectivity index (χ0n) is 8.84. The van der Waals surface area contributed by atoms with Crippen molar-refractivity contribution < 1.29 is 14.3 Å². The first-order valence-corrected chi connectivity index (χ1v) is 5.09. The van der Waals surface area contributed by atoms with E-state index in [2.05, 4.69) is 0 Å². The molecule has 80 valence electrons. The van der Waals surface area contributed by atoms with Gasteiger partial charge in [-0.2, -0.15) is 0 Å². The van der Waals surface area contributed by atoms with Crippen LogP contribution in [-0.2, 0) is 14.3 Å². The standard InChI is InChI=1S/C12H14O3/c1-8(2)12-14-10(11(13)15-12)9-6-4-3-5-7-9/h3-8,10,12H,1-2H3/t10-,12+/m0/s1. The summed E-state index contributed by atoms with van der Waals surface area (Å²) in [6.07, 6.45) is -0.971. The SMILES string of the molecule is CC(C)[C@H]1OC(=O)[C@H](c2ccccc2)O1. The molecule has 0 aliphatic carbocycles. The van der Waals surface area contributed by atoms with E-state index in [1.807, 2.05) is 44.2 Å². The van der Waals surface area contributed by atoms with E-state index in [-0.39, 0.29) is 11.9 Å². The summed E-state index contributed by atoms with van der Waals surface area (Å²) in [6, 6.07) is 9.41. The lowest BCUT2D eigenvalue weighted by atomic mass is 10.1. The summed E-state index contributed by atoms with van der Waals surface area (Å²) in [6.45, 7) is 3.93. The molecule has 2 atom stereocenters. The van der Waals surface area contributed by atoms with E-state index in [0.717, 1.165) is 5.56 Å². The molecule has 0 bridgehead atoms. The molecule has 3 nitrogen and oxygen atoms in total. The molecule has 0 aromatic heterocycles. The highest BCUT2D eigenvalue weighted by molar-refractivity contribution is 5.78. The maximum atomic E-state index is 11.5. The van der Waals surface area contributed by atoms with Crippen molar-refractivity contribution in [1.82, 2.24) is 0 Å². The minimum absolute atomic E-state index is 0.183. The number of ether oxygens (including phenoxy) is 2. The van der Waals surface area contributed by atoms with Crippen LogP contribution in [0.25, 0.3) is 0 Å². The Labute approximate surface area is 89.0 Å². The molecule has 0 radical (unpaired) electrons. The van der Waals surface area contributed by atoms with Gasteiger partial charge in [0.25, 0.3) is 0 Å². The number of benzene rings is 1. The molecule has 1 saturated heterocycles. The summed E-state index contributed by atoms with van der Waals surface area (Å²) >= 11 is 0. The van der Waals surface area contributed by atoms with Crippen LogP contribution in [0.2, 0.25) is 0 Å². The molecule has 15 heavy (non-hydrogen) atoms. The molecule has 1 heterocycles. The van der Waals surface area contributed by atoms with Crippen molar-refractivity contribution in [3.05, 3.63) is 35.9 Å². The first-order chi connectivity index (χ1) is 7.18. The lowest BCUT2D eigenvalue weighted by Crippen LogP contribution is -2.15. The average molecular weight is 206 g/mol. The summed E-state index contributed by atoms with van der Waals surface area (Å²) in [5.74, 6) is -0.109. The average Bonchev–Trinajstić information content (AvgIpc) is 2.62. The fourth-order valence-electron chi connectivity index (χ4n) is 1.53. The topological polar surface area (TPSA) is 35.5 Å². The third kappa shape index (κ3) is 2.02. The molecule has 0 unspecified atom stereocenters. The van der Waals surface area contributed by atoms with Gasteiger partial charge in [-0.1, -0.05) is 44.2 Å². The number of carbonyl (C=O) groups is 1. The number of cyclic esters (lactones) is 1. The fraction of sp³-hybridized carbons (Fsp3) is 0.417. The Kier molecular flexibility index (Phi) is 2.73. The Morgan fingerprint density at radius 3 is 2.40 bits per heavy atom. The second-order valence-corrected chi connectivity index (χ2v) is 3.98. The molecule has 1 aromatic carbocycles. The van der Waals surface area contributed by atoms with E-state index in [1.165, 1.54) is 0 Å². The first-order valence-electron chi connectivity index (χ1n) is 5.09. The quantitative estimate of drug-likeness (QED) is 0.696. The van der Waals surface area contributed by atoms with Gasteiger partial charge in [-0.25, -0.2) is 4.79 Å². The third-order valence-corrected chi connectivity index (χ3v) is 2.36. The van der Waals surface area contributed by atoms with E-state index in [4.69, 9.17) is 9.47 Å². The molecule has 0 amide bonds. The first kappa shape index (κ1) is 10.2. The van der Waals surface area contributed by atoms with Crippen molar-refractivity contribution in [2.75, 3.05) is 0 Å². The van der Waals surface area contributed by atoms with Crippen molar-refractivity contribution in [1.29, 1.82) is 0 Å². The lowest BCUT2D eigenvalue weighted by Gasteiger charge is -2.12. The third-order valence-electron chi connectivity index (χ3n) is 2.36. The van der Waals surface area contributed by atoms with Crippen LogP contribution < -0.4 is 0 Å². The molecule has 1 aromatic rings. The van der Waals surface area contributed by atoms with Gasteiger partial charge in [0.15, 0.2) is 6.10 Å². The molecular formula is C12H14O3. The molecule has 2 rings (SSSR count). The van der Waals surface area contributed by atoms with E-state index >= 15 is 0 Å². The van der Waals surface area contributed by atoms with Gasteiger partial charge in [0, 0.05) is 5.92 Å². The zero-order valence-corrected chi connectivity index (χ0v) is 8.84. The van der Waals surface area contributed by atoms with Gasteiger partial charge in [0.05, 0.1) is 0 Å². The second kappa shape index (κ2) is 4.03. The monoisotopic (exact) mass is 206 g/mol. The number of carbonyl (C=O) groups excluding carboxylic acids is 1. The van der Waals surface area contributed by atoms with Gasteiger partial charge in [-0.3, -0.25) is 0 Å². The van der Waals surface area contributed by atoms with Gasteiger partial charge in [0.1, 0.15) is 0 Å². The van der Waals surface area contributed by atoms with Crippen LogP contribution >= 0.6 is 0 Å². The Hall–Kier alpha value is -1.35. The number of hydrogen-bond donors (Lipinski definition) is 0. The smallest absolute Gasteiger partial charge is 0.342 e. The number of hydrogen-bond acceptors (Lipinski definition) is 3. The molecule has 3 heteroatoms. The Balaban J connectivity index is 2.16. The van der Waals surface area contributed by atoms with Gasteiger partial charge < -0.3 is 9.47 Å². The van der Waals surface area contributed by atoms with E-state index in [1.54, 1.807) is 0 Å². The van der Waals surface area contributed by atoms with Crippen LogP contribution in [0.1, 0.15) is 25.5 Å². The lowest BCUT2D eigenvalue weighted by molar-refractivity contribution is -0.146. The van der Waals surface area contributed by atoms with Crippen molar-refractivity contribution in [2.24, 2.45) is 5.92 Å². The molecule has 0 saturated carbocycles. The summed E-state index contributed by atoms with van der Waals surface area (Å²) in [5.41, 5.74) is 0.852. The Bertz CT molecular complexity index is 345. The molecular weight excluding hydrogens is 192 g/mol. The predicted molar refractivity (Wildman–Crippen MR) is 55.0 cm³/mol. The maximum Gasteiger partial charge on any atom is 0.342 e. The number of rotatable bonds is 2. The van der Waals surface area contributed by atoms with Crippen LogP contribution in [-0.4, -0.2) is 12.3 Å². The summed E-state index contributed by atoms with van der Waals surface area (Å²) in [4.78, 5) is 11.5. The molecule has 0 spiro atoms. The van der Waals surface area contributed by atoms with Crippen molar-refractivity contribution in [3.63, 3.8) is 0 Å². The van der Waals surface area contributed by atoms with E-state index in [0.29, 0.717) is 0 Å². The minimum Gasteiger partial charge on any atom is -0.433 e. The van der Waals surface area contributed by atoms with Crippen LogP contribution in [0.3, 0.4) is 0 Å². The number of esters is 1. The summed E-state index contributed by atoms with van der Waals surface area (Å²) in [7, 11) is 0. The predicted octanol–water partition coefficient (Wildman–Crippen LogP) is 2.28. The fourth-order valence-corrected chi connectivity index (χ4v) is 1.53. The van der Waals surface area contributed by atoms with Crippen molar-refractivity contribution in [3.8, 4) is 0 Å². The largest absolute Gasteiger partial charge is 0.433 e. The van der Waals surface area contributed by atoms with Crippen molar-refractivity contribution >= 4 is 5.97 Å². The molecule has 0 N–H and O–H groups in total. The van der Waals surface area contributed by atoms with Crippen LogP contribution in [0.4, 0.5) is 0 Å². The minimum atomic E-state index is -0.557. The zero-order chi connectivity index (χ0) is 10.8. The van der Waals surface area contributed by atoms with Gasteiger partial charge in [-0.15, -0.1) is 0 Å². The van der Waals surface area contributed by atoms with Crippen LogP contribution in [0.15, 0.2) is 30.3 Å². The van der Waals surface area contributed by atoms with Crippen molar-refractivity contribution in [2.45, 2.75) is 26.2 Å².